The van der Waals surface area contributed by atoms with Gasteiger partial charge in [0.2, 0.25) is 5.95 Å². The van der Waals surface area contributed by atoms with Crippen LogP contribution in [0.15, 0.2) is 24.4 Å². The topological polar surface area (TPSA) is 98.0 Å². The fraction of sp³-hybridized carbons (Fsp3) is 0. The highest BCUT2D eigenvalue weighted by atomic mass is 35.5. The Morgan fingerprint density at radius 2 is 2.00 bits per heavy atom. The molecule has 0 saturated carbocycles. The van der Waals surface area contributed by atoms with Crippen molar-refractivity contribution in [3.05, 3.63) is 55.3 Å². The van der Waals surface area contributed by atoms with Gasteiger partial charge in [0, 0.05) is 17.8 Å². The van der Waals surface area contributed by atoms with Crippen LogP contribution in [-0.2, 0) is 0 Å². The highest BCUT2D eigenvalue weighted by molar-refractivity contribution is 6.43. The average molecular weight is 348 g/mol. The number of nitro groups is 1. The maximum absolute atomic E-state index is 12.0. The summed E-state index contributed by atoms with van der Waals surface area (Å²) in [5.41, 5.74) is -0.527. The molecule has 0 unspecified atom stereocenters. The molecule has 1 aromatic carbocycles. The standard InChI is InChI=1S/C11H5Cl3N4O3/c12-6-3-5(4-7(9(6)14)18(20)21)10(19)17-11-15-2-1-8(13)16-11/h1-4H,(H,15,16,17,19). The zero-order valence-electron chi connectivity index (χ0n) is 10.0. The van der Waals surface area contributed by atoms with Crippen molar-refractivity contribution in [1.82, 2.24) is 9.97 Å². The molecule has 1 aromatic heterocycles. The van der Waals surface area contributed by atoms with Crippen molar-refractivity contribution in [2.45, 2.75) is 0 Å². The normalized spacial score (nSPS) is 10.2. The van der Waals surface area contributed by atoms with Crippen LogP contribution >= 0.6 is 34.8 Å². The van der Waals surface area contributed by atoms with E-state index in [0.29, 0.717) is 0 Å². The number of nitrogens with zero attached hydrogens (tertiary/aromatic N) is 3. The quantitative estimate of drug-likeness (QED) is 0.519. The van der Waals surface area contributed by atoms with Crippen LogP contribution in [0.1, 0.15) is 10.4 Å². The fourth-order valence-corrected chi connectivity index (χ4v) is 1.94. The van der Waals surface area contributed by atoms with Gasteiger partial charge in [-0.1, -0.05) is 34.8 Å². The molecule has 7 nitrogen and oxygen atoms in total. The molecular formula is C11H5Cl3N4O3. The molecule has 0 fully saturated rings. The van der Waals surface area contributed by atoms with E-state index in [1.165, 1.54) is 18.3 Å². The summed E-state index contributed by atoms with van der Waals surface area (Å²) >= 11 is 17.1. The lowest BCUT2D eigenvalue weighted by Gasteiger charge is -2.05. The lowest BCUT2D eigenvalue weighted by atomic mass is 10.2. The van der Waals surface area contributed by atoms with Crippen LogP contribution in [0.4, 0.5) is 11.6 Å². The van der Waals surface area contributed by atoms with Crippen molar-refractivity contribution in [3.8, 4) is 0 Å². The molecule has 0 spiro atoms. The number of hydrogen-bond acceptors (Lipinski definition) is 5. The summed E-state index contributed by atoms with van der Waals surface area (Å²) in [6.45, 7) is 0. The highest BCUT2D eigenvalue weighted by Gasteiger charge is 2.20. The Morgan fingerprint density at radius 3 is 2.62 bits per heavy atom. The zero-order chi connectivity index (χ0) is 15.6. The third-order valence-electron chi connectivity index (χ3n) is 2.31. The van der Waals surface area contributed by atoms with Crippen LogP contribution in [0.5, 0.6) is 0 Å². The Kier molecular flexibility index (Phi) is 4.56. The first-order valence-corrected chi connectivity index (χ1v) is 6.45. The van der Waals surface area contributed by atoms with Crippen LogP contribution in [0, 0.1) is 10.1 Å². The van der Waals surface area contributed by atoms with Crippen LogP contribution in [-0.4, -0.2) is 20.8 Å². The summed E-state index contributed by atoms with van der Waals surface area (Å²) in [6, 6.07) is 3.64. The van der Waals surface area contributed by atoms with Crippen molar-refractivity contribution in [2.75, 3.05) is 5.32 Å². The van der Waals surface area contributed by atoms with Gasteiger partial charge in [-0.2, -0.15) is 0 Å². The van der Waals surface area contributed by atoms with E-state index in [1.807, 2.05) is 0 Å². The van der Waals surface area contributed by atoms with E-state index >= 15 is 0 Å². The highest BCUT2D eigenvalue weighted by Crippen LogP contribution is 2.33. The molecule has 1 N–H and O–H groups in total. The number of halogens is 3. The second-order valence-corrected chi connectivity index (χ2v) is 4.88. The molecule has 0 aliphatic heterocycles. The molecule has 1 amide bonds. The van der Waals surface area contributed by atoms with Gasteiger partial charge < -0.3 is 0 Å². The average Bonchev–Trinajstić information content (AvgIpc) is 2.41. The smallest absolute Gasteiger partial charge is 0.290 e. The maximum atomic E-state index is 12.0. The zero-order valence-corrected chi connectivity index (χ0v) is 12.3. The number of aromatic nitrogens is 2. The van der Waals surface area contributed by atoms with Gasteiger partial charge in [-0.3, -0.25) is 20.2 Å². The molecular weight excluding hydrogens is 343 g/mol. The molecule has 10 heteroatoms. The first-order chi connectivity index (χ1) is 9.88. The van der Waals surface area contributed by atoms with E-state index in [-0.39, 0.29) is 26.7 Å². The number of rotatable bonds is 3. The SMILES string of the molecule is O=C(Nc1nccc(Cl)n1)c1cc(Cl)c(Cl)c([N+](=O)[O-])c1. The number of carbonyl (C=O) groups excluding carboxylic acids is 1. The molecule has 2 rings (SSSR count). The van der Waals surface area contributed by atoms with Gasteiger partial charge in [-0.05, 0) is 12.1 Å². The van der Waals surface area contributed by atoms with Crippen LogP contribution < -0.4 is 5.32 Å². The number of hydrogen-bond donors (Lipinski definition) is 1. The molecule has 0 aliphatic rings. The minimum atomic E-state index is -0.735. The van der Waals surface area contributed by atoms with Gasteiger partial charge in [-0.25, -0.2) is 9.97 Å². The van der Waals surface area contributed by atoms with Crippen molar-refractivity contribution in [2.24, 2.45) is 0 Å². The largest absolute Gasteiger partial charge is 0.290 e. The van der Waals surface area contributed by atoms with Crippen molar-refractivity contribution >= 4 is 52.3 Å². The number of benzene rings is 1. The predicted molar refractivity (Wildman–Crippen MR) is 78.1 cm³/mol. The maximum Gasteiger partial charge on any atom is 0.290 e. The second-order valence-electron chi connectivity index (χ2n) is 3.71. The number of amides is 1. The Balaban J connectivity index is 2.33. The molecule has 0 saturated heterocycles. The Hall–Kier alpha value is -1.96. The summed E-state index contributed by atoms with van der Waals surface area (Å²) in [6.07, 6.45) is 1.35. The van der Waals surface area contributed by atoms with E-state index in [2.05, 4.69) is 15.3 Å². The third-order valence-corrected chi connectivity index (χ3v) is 3.32. The lowest BCUT2D eigenvalue weighted by molar-refractivity contribution is -0.384. The summed E-state index contributed by atoms with van der Waals surface area (Å²) in [7, 11) is 0. The van der Waals surface area contributed by atoms with Crippen molar-refractivity contribution in [1.29, 1.82) is 0 Å². The molecule has 0 atom stereocenters. The van der Waals surface area contributed by atoms with Gasteiger partial charge in [0.05, 0.1) is 9.95 Å². The number of nitrogens with one attached hydrogen (secondary N) is 1. The van der Waals surface area contributed by atoms with Gasteiger partial charge in [0.25, 0.3) is 11.6 Å². The van der Waals surface area contributed by atoms with Crippen LogP contribution in [0.25, 0.3) is 0 Å². The van der Waals surface area contributed by atoms with E-state index in [1.54, 1.807) is 0 Å². The summed E-state index contributed by atoms with van der Waals surface area (Å²) in [5, 5.41) is 13.0. The van der Waals surface area contributed by atoms with Gasteiger partial charge in [0.1, 0.15) is 10.2 Å². The van der Waals surface area contributed by atoms with E-state index in [9.17, 15) is 14.9 Å². The Labute approximate surface area is 133 Å². The van der Waals surface area contributed by atoms with Crippen LogP contribution in [0.2, 0.25) is 15.2 Å². The van der Waals surface area contributed by atoms with E-state index < -0.39 is 16.5 Å². The molecule has 1 heterocycles. The second kappa shape index (κ2) is 6.21. The first kappa shape index (κ1) is 15.4. The van der Waals surface area contributed by atoms with Crippen molar-refractivity contribution < 1.29 is 9.72 Å². The minimum Gasteiger partial charge on any atom is -0.290 e. The number of anilines is 1. The summed E-state index contributed by atoms with van der Waals surface area (Å²) in [5.74, 6) is -0.722. The predicted octanol–water partition coefficient (Wildman–Crippen LogP) is 3.60. The molecule has 2 aromatic rings. The monoisotopic (exact) mass is 346 g/mol. The molecule has 0 radical (unpaired) electrons. The van der Waals surface area contributed by atoms with Gasteiger partial charge in [0.15, 0.2) is 0 Å². The summed E-state index contributed by atoms with van der Waals surface area (Å²) in [4.78, 5) is 29.7. The Morgan fingerprint density at radius 1 is 1.29 bits per heavy atom. The minimum absolute atomic E-state index is 0.0405. The molecule has 0 bridgehead atoms. The lowest BCUT2D eigenvalue weighted by Crippen LogP contribution is -2.14. The molecule has 0 aliphatic carbocycles. The number of nitro benzene ring substituents is 1. The molecule has 21 heavy (non-hydrogen) atoms. The molecule has 108 valence electrons. The number of carbonyl (C=O) groups is 1. The van der Waals surface area contributed by atoms with E-state index in [0.717, 1.165) is 6.07 Å². The van der Waals surface area contributed by atoms with Gasteiger partial charge in [-0.15, -0.1) is 0 Å². The third kappa shape index (κ3) is 3.57. The summed E-state index contributed by atoms with van der Waals surface area (Å²) < 4.78 is 0. The first-order valence-electron chi connectivity index (χ1n) is 5.32. The van der Waals surface area contributed by atoms with E-state index in [4.69, 9.17) is 34.8 Å². The fourth-order valence-electron chi connectivity index (χ4n) is 1.41. The Bertz CT molecular complexity index is 739. The van der Waals surface area contributed by atoms with Gasteiger partial charge >= 0.3 is 0 Å². The van der Waals surface area contributed by atoms with Crippen molar-refractivity contribution in [3.63, 3.8) is 0 Å². The van der Waals surface area contributed by atoms with Crippen LogP contribution in [0.3, 0.4) is 0 Å².